The van der Waals surface area contributed by atoms with Crippen LogP contribution in [0.25, 0.3) is 5.69 Å². The minimum absolute atomic E-state index is 0.183. The van der Waals surface area contributed by atoms with Gasteiger partial charge in [-0.05, 0) is 98.7 Å². The van der Waals surface area contributed by atoms with Gasteiger partial charge in [-0.25, -0.2) is 8.42 Å². The van der Waals surface area contributed by atoms with Gasteiger partial charge < -0.3 is 14.8 Å². The van der Waals surface area contributed by atoms with Gasteiger partial charge in [-0.2, -0.15) is 0 Å². The molecule has 1 saturated heterocycles. The fourth-order valence-electron chi connectivity index (χ4n) is 5.16. The summed E-state index contributed by atoms with van der Waals surface area (Å²) in [4.78, 5) is 6.77. The van der Waals surface area contributed by atoms with Crippen molar-refractivity contribution in [3.05, 3.63) is 106 Å². The van der Waals surface area contributed by atoms with Gasteiger partial charge >= 0.3 is 0 Å². The molecule has 2 N–H and O–H groups in total. The number of nitrogens with zero attached hydrogens (tertiary/aromatic N) is 3. The second kappa shape index (κ2) is 10.2. The van der Waals surface area contributed by atoms with Crippen molar-refractivity contribution in [2.75, 3.05) is 15.9 Å². The topological polar surface area (TPSA) is 79.3 Å². The van der Waals surface area contributed by atoms with Gasteiger partial charge in [0.2, 0.25) is 10.0 Å². The van der Waals surface area contributed by atoms with E-state index in [2.05, 4.69) is 72.5 Å². The first-order chi connectivity index (χ1) is 18.0. The van der Waals surface area contributed by atoms with Crippen molar-refractivity contribution < 1.29 is 8.42 Å². The van der Waals surface area contributed by atoms with Gasteiger partial charge in [-0.15, -0.1) is 0 Å². The summed E-state index contributed by atoms with van der Waals surface area (Å²) in [6.45, 7) is 6.12. The van der Waals surface area contributed by atoms with Crippen molar-refractivity contribution in [1.29, 1.82) is 0 Å². The molecule has 1 fully saturated rings. The zero-order chi connectivity index (χ0) is 27.2. The summed E-state index contributed by atoms with van der Waals surface area (Å²) in [6.07, 6.45) is 2.94. The Morgan fingerprint density at radius 1 is 1.00 bits per heavy atom. The molecule has 1 aliphatic rings. The second-order valence-electron chi connectivity index (χ2n) is 9.51. The maximum atomic E-state index is 11.8. The van der Waals surface area contributed by atoms with Crippen LogP contribution in [-0.2, 0) is 10.0 Å². The van der Waals surface area contributed by atoms with E-state index in [0.717, 1.165) is 50.3 Å². The Morgan fingerprint density at radius 2 is 1.79 bits per heavy atom. The SMILES string of the molecule is Cc1cc(N2C(=S)N[C@@H](c3ccccn3)[C@H]2c2cc(C)n(-c3cccc(Br)c3)c2C)ccc1NS(C)(=O)=O. The lowest BCUT2D eigenvalue weighted by Crippen LogP contribution is -2.29. The number of thiocarbonyl (C=S) groups is 1. The largest absolute Gasteiger partial charge is 0.351 e. The molecule has 2 atom stereocenters. The highest BCUT2D eigenvalue weighted by atomic mass is 79.9. The van der Waals surface area contributed by atoms with Crippen LogP contribution in [0.2, 0.25) is 0 Å². The third-order valence-corrected chi connectivity index (χ3v) is 8.14. The summed E-state index contributed by atoms with van der Waals surface area (Å²) in [5.74, 6) is 0. The molecule has 0 radical (unpaired) electrons. The molecular formula is C28H28BrN5O2S2. The summed E-state index contributed by atoms with van der Waals surface area (Å²) >= 11 is 9.50. The number of nitrogens with one attached hydrogen (secondary N) is 2. The highest BCUT2D eigenvalue weighted by Gasteiger charge is 2.42. The van der Waals surface area contributed by atoms with Gasteiger partial charge in [0.25, 0.3) is 0 Å². The summed E-state index contributed by atoms with van der Waals surface area (Å²) < 4.78 is 29.5. The van der Waals surface area contributed by atoms with Gasteiger partial charge in [-0.3, -0.25) is 9.71 Å². The number of benzene rings is 2. The number of sulfonamides is 1. The molecule has 196 valence electrons. The summed E-state index contributed by atoms with van der Waals surface area (Å²) in [6, 6.07) is 21.6. The molecule has 0 bridgehead atoms. The first-order valence-electron chi connectivity index (χ1n) is 12.1. The number of aromatic nitrogens is 2. The Labute approximate surface area is 237 Å². The number of rotatable bonds is 6. The lowest BCUT2D eigenvalue weighted by atomic mass is 9.96. The van der Waals surface area contributed by atoms with Crippen molar-refractivity contribution in [3.8, 4) is 5.69 Å². The zero-order valence-electron chi connectivity index (χ0n) is 21.4. The molecular weight excluding hydrogens is 582 g/mol. The first-order valence-corrected chi connectivity index (χ1v) is 15.2. The van der Waals surface area contributed by atoms with Crippen LogP contribution in [0.3, 0.4) is 0 Å². The minimum atomic E-state index is -3.39. The van der Waals surface area contributed by atoms with Crippen molar-refractivity contribution >= 4 is 54.7 Å². The maximum Gasteiger partial charge on any atom is 0.229 e. The molecule has 38 heavy (non-hydrogen) atoms. The Morgan fingerprint density at radius 3 is 2.45 bits per heavy atom. The summed E-state index contributed by atoms with van der Waals surface area (Å²) in [5, 5.41) is 4.10. The fourth-order valence-corrected chi connectivity index (χ4v) is 6.52. The number of halogens is 1. The predicted molar refractivity (Wildman–Crippen MR) is 161 cm³/mol. The van der Waals surface area contributed by atoms with E-state index in [0.29, 0.717) is 10.8 Å². The van der Waals surface area contributed by atoms with E-state index < -0.39 is 10.0 Å². The van der Waals surface area contributed by atoms with Gasteiger partial charge in [0.05, 0.1) is 29.7 Å². The standard InChI is InChI=1S/C28H28BrN5O2S2/c1-17-14-22(11-12-24(17)32-38(4,35)36)34-27(26(31-28(34)37)25-10-5-6-13-30-25)23-15-18(2)33(19(23)3)21-9-7-8-20(29)16-21/h5-16,26-27,32H,1-4H3,(H,31,37)/t26-,27+/m0/s1. The molecule has 3 heterocycles. The molecule has 7 nitrogen and oxygen atoms in total. The van der Waals surface area contributed by atoms with E-state index in [9.17, 15) is 8.42 Å². The van der Waals surface area contributed by atoms with Crippen LogP contribution in [0.5, 0.6) is 0 Å². The Bertz CT molecular complexity index is 1640. The molecule has 0 unspecified atom stereocenters. The van der Waals surface area contributed by atoms with Gasteiger partial charge in [0.1, 0.15) is 0 Å². The molecule has 10 heteroatoms. The molecule has 0 amide bonds. The maximum absolute atomic E-state index is 11.8. The van der Waals surface area contributed by atoms with Crippen LogP contribution < -0.4 is 14.9 Å². The van der Waals surface area contributed by atoms with Crippen LogP contribution in [0.15, 0.2) is 77.4 Å². The van der Waals surface area contributed by atoms with Crippen molar-refractivity contribution in [2.24, 2.45) is 0 Å². The molecule has 2 aromatic carbocycles. The number of anilines is 2. The average molecular weight is 611 g/mol. The molecule has 0 saturated carbocycles. The van der Waals surface area contributed by atoms with Crippen LogP contribution >= 0.6 is 28.1 Å². The quantitative estimate of drug-likeness (QED) is 0.257. The van der Waals surface area contributed by atoms with Crippen molar-refractivity contribution in [2.45, 2.75) is 32.9 Å². The molecule has 4 aromatic rings. The van der Waals surface area contributed by atoms with Crippen molar-refractivity contribution in [1.82, 2.24) is 14.9 Å². The second-order valence-corrected chi connectivity index (χ2v) is 12.6. The van der Waals surface area contributed by atoms with Crippen LogP contribution in [0.4, 0.5) is 11.4 Å². The number of pyridine rings is 1. The first kappa shape index (κ1) is 26.4. The molecule has 5 rings (SSSR count). The third-order valence-electron chi connectivity index (χ3n) is 6.74. The summed E-state index contributed by atoms with van der Waals surface area (Å²) in [7, 11) is -3.39. The molecule has 1 aliphatic heterocycles. The molecule has 2 aromatic heterocycles. The van der Waals surface area contributed by atoms with Crippen molar-refractivity contribution in [3.63, 3.8) is 0 Å². The lowest BCUT2D eigenvalue weighted by molar-refractivity contribution is 0.565. The zero-order valence-corrected chi connectivity index (χ0v) is 24.7. The number of hydrogen-bond acceptors (Lipinski definition) is 4. The van der Waals surface area contributed by atoms with E-state index in [-0.39, 0.29) is 12.1 Å². The van der Waals surface area contributed by atoms with Gasteiger partial charge in [-0.1, -0.05) is 28.1 Å². The van der Waals surface area contributed by atoms with Crippen LogP contribution in [0.1, 0.15) is 40.3 Å². The molecule has 0 spiro atoms. The third kappa shape index (κ3) is 5.08. The van der Waals surface area contributed by atoms with E-state index in [1.807, 2.05) is 49.4 Å². The highest BCUT2D eigenvalue weighted by Crippen LogP contribution is 2.44. The predicted octanol–water partition coefficient (Wildman–Crippen LogP) is 6.11. The number of hydrogen-bond donors (Lipinski definition) is 2. The van der Waals surface area contributed by atoms with E-state index >= 15 is 0 Å². The van der Waals surface area contributed by atoms with E-state index in [1.165, 1.54) is 0 Å². The fraction of sp³-hybridized carbons (Fsp3) is 0.214. The lowest BCUT2D eigenvalue weighted by Gasteiger charge is -2.29. The van der Waals surface area contributed by atoms with Gasteiger partial charge in [0.15, 0.2) is 5.11 Å². The number of aryl methyl sites for hydroxylation is 2. The highest BCUT2D eigenvalue weighted by molar-refractivity contribution is 9.10. The van der Waals surface area contributed by atoms with Crippen LogP contribution in [-0.4, -0.2) is 29.3 Å². The Kier molecular flexibility index (Phi) is 7.06. The smallest absolute Gasteiger partial charge is 0.229 e. The van der Waals surface area contributed by atoms with E-state index in [1.54, 1.807) is 12.3 Å². The monoisotopic (exact) mass is 609 g/mol. The Hall–Kier alpha value is -3.21. The average Bonchev–Trinajstić information content (AvgIpc) is 3.35. The summed E-state index contributed by atoms with van der Waals surface area (Å²) in [5.41, 5.74) is 7.52. The van der Waals surface area contributed by atoms with Gasteiger partial charge in [0, 0.05) is 33.4 Å². The Balaban J connectivity index is 1.65. The minimum Gasteiger partial charge on any atom is -0.351 e. The molecule has 0 aliphatic carbocycles. The normalized spacial score (nSPS) is 17.5. The van der Waals surface area contributed by atoms with Crippen LogP contribution in [0, 0.1) is 20.8 Å². The van der Waals surface area contributed by atoms with E-state index in [4.69, 9.17) is 12.2 Å².